The minimum atomic E-state index is -0.121. The Bertz CT molecular complexity index is 1030. The molecule has 5 heteroatoms. The molecule has 148 valence electrons. The van der Waals surface area contributed by atoms with Crippen molar-refractivity contribution < 1.29 is 19.0 Å². The lowest BCUT2D eigenvalue weighted by Gasteiger charge is -2.12. The number of benzene rings is 3. The highest BCUT2D eigenvalue weighted by Crippen LogP contribution is 2.27. The van der Waals surface area contributed by atoms with Crippen LogP contribution in [0.25, 0.3) is 6.08 Å². The molecule has 0 bridgehead atoms. The van der Waals surface area contributed by atoms with Crippen LogP contribution in [0.3, 0.4) is 0 Å². The summed E-state index contributed by atoms with van der Waals surface area (Å²) in [6.45, 7) is 0.341. The zero-order chi connectivity index (χ0) is 20.6. The Kier molecular flexibility index (Phi) is 7.09. The van der Waals surface area contributed by atoms with E-state index in [1.807, 2.05) is 54.6 Å². The zero-order valence-electron chi connectivity index (χ0n) is 16.2. The number of carbonyl (C=O) groups is 1. The summed E-state index contributed by atoms with van der Waals surface area (Å²) < 4.78 is 17.5. The number of rotatable bonds is 8. The average molecular weight is 453 g/mol. The van der Waals surface area contributed by atoms with Gasteiger partial charge in [0.15, 0.2) is 5.78 Å². The van der Waals surface area contributed by atoms with Gasteiger partial charge in [0.05, 0.1) is 24.3 Å². The van der Waals surface area contributed by atoms with E-state index < -0.39 is 0 Å². The molecule has 0 N–H and O–H groups in total. The maximum atomic E-state index is 12.5. The summed E-state index contributed by atoms with van der Waals surface area (Å²) in [7, 11) is 3.18. The van der Waals surface area contributed by atoms with Crippen LogP contribution in [-0.2, 0) is 6.61 Å². The molecule has 3 aromatic rings. The number of para-hydroxylation sites is 2. The molecular formula is C24H21BrO4. The molecule has 3 rings (SSSR count). The predicted octanol–water partition coefficient (Wildman–Crippen LogP) is 5.94. The standard InChI is InChI=1S/C24H21BrO4/c1-27-22-14-12-17(11-13-21(26)19-7-3-5-9-23(19)28-2)15-18(22)16-29-24-10-6-4-8-20(24)25/h3-15H,16H2,1-2H3/b13-11+. The summed E-state index contributed by atoms with van der Waals surface area (Å²) in [5.41, 5.74) is 2.28. The van der Waals surface area contributed by atoms with Crippen LogP contribution in [0.15, 0.2) is 77.3 Å². The molecule has 0 spiro atoms. The first-order valence-corrected chi connectivity index (χ1v) is 9.81. The van der Waals surface area contributed by atoms with Gasteiger partial charge >= 0.3 is 0 Å². The second-order valence-corrected chi connectivity index (χ2v) is 7.04. The van der Waals surface area contributed by atoms with Crippen LogP contribution >= 0.6 is 15.9 Å². The van der Waals surface area contributed by atoms with E-state index in [0.717, 1.165) is 27.1 Å². The van der Waals surface area contributed by atoms with Crippen molar-refractivity contribution in [1.82, 2.24) is 0 Å². The maximum Gasteiger partial charge on any atom is 0.189 e. The number of ether oxygens (including phenoxy) is 3. The van der Waals surface area contributed by atoms with Crippen LogP contribution in [0.1, 0.15) is 21.5 Å². The topological polar surface area (TPSA) is 44.8 Å². The smallest absolute Gasteiger partial charge is 0.189 e. The van der Waals surface area contributed by atoms with E-state index >= 15 is 0 Å². The number of carbonyl (C=O) groups excluding carboxylic acids is 1. The van der Waals surface area contributed by atoms with Gasteiger partial charge < -0.3 is 14.2 Å². The summed E-state index contributed by atoms with van der Waals surface area (Å²) >= 11 is 3.48. The molecule has 0 heterocycles. The van der Waals surface area contributed by atoms with Crippen molar-refractivity contribution in [3.8, 4) is 17.2 Å². The van der Waals surface area contributed by atoms with Crippen LogP contribution in [0, 0.1) is 0 Å². The molecule has 3 aromatic carbocycles. The Balaban J connectivity index is 1.78. The van der Waals surface area contributed by atoms with E-state index in [-0.39, 0.29) is 5.78 Å². The third kappa shape index (κ3) is 5.27. The quantitative estimate of drug-likeness (QED) is 0.313. The van der Waals surface area contributed by atoms with Crippen molar-refractivity contribution in [1.29, 1.82) is 0 Å². The number of halogens is 1. The fourth-order valence-corrected chi connectivity index (χ4v) is 3.24. The number of hydrogen-bond donors (Lipinski definition) is 0. The monoisotopic (exact) mass is 452 g/mol. The minimum absolute atomic E-state index is 0.121. The van der Waals surface area contributed by atoms with Crippen LogP contribution in [0.5, 0.6) is 17.2 Å². The first-order valence-electron chi connectivity index (χ1n) is 9.02. The molecule has 0 saturated heterocycles. The third-order valence-corrected chi connectivity index (χ3v) is 4.98. The number of ketones is 1. The van der Waals surface area contributed by atoms with Gasteiger partial charge in [-0.1, -0.05) is 36.4 Å². The van der Waals surface area contributed by atoms with E-state index in [0.29, 0.717) is 17.9 Å². The number of hydrogen-bond acceptors (Lipinski definition) is 4. The van der Waals surface area contributed by atoms with Crippen molar-refractivity contribution in [3.05, 3.63) is 94.0 Å². The highest BCUT2D eigenvalue weighted by Gasteiger charge is 2.09. The largest absolute Gasteiger partial charge is 0.496 e. The van der Waals surface area contributed by atoms with Crippen LogP contribution in [-0.4, -0.2) is 20.0 Å². The van der Waals surface area contributed by atoms with Crippen LogP contribution in [0.4, 0.5) is 0 Å². The summed E-state index contributed by atoms with van der Waals surface area (Å²) in [5.74, 6) is 1.91. The van der Waals surface area contributed by atoms with Crippen LogP contribution < -0.4 is 14.2 Å². The molecule has 0 aliphatic heterocycles. The second-order valence-electron chi connectivity index (χ2n) is 6.19. The molecule has 0 aromatic heterocycles. The van der Waals surface area contributed by atoms with Gasteiger partial charge in [-0.2, -0.15) is 0 Å². The molecule has 29 heavy (non-hydrogen) atoms. The van der Waals surface area contributed by atoms with Gasteiger partial charge in [0, 0.05) is 5.56 Å². The molecule has 0 saturated carbocycles. The molecule has 0 aliphatic carbocycles. The fraction of sp³-hybridized carbons (Fsp3) is 0.125. The average Bonchev–Trinajstić information content (AvgIpc) is 2.76. The van der Waals surface area contributed by atoms with Gasteiger partial charge in [0.2, 0.25) is 0 Å². The molecule has 0 radical (unpaired) electrons. The van der Waals surface area contributed by atoms with Gasteiger partial charge in [0.1, 0.15) is 23.9 Å². The molecule has 0 amide bonds. The summed E-state index contributed by atoms with van der Waals surface area (Å²) in [6, 6.07) is 20.5. The lowest BCUT2D eigenvalue weighted by Crippen LogP contribution is -2.00. The van der Waals surface area contributed by atoms with Crippen molar-refractivity contribution in [2.75, 3.05) is 14.2 Å². The molecule has 0 fully saturated rings. The normalized spacial score (nSPS) is 10.7. The van der Waals surface area contributed by atoms with E-state index in [1.54, 1.807) is 32.4 Å². The van der Waals surface area contributed by atoms with Gasteiger partial charge in [-0.3, -0.25) is 4.79 Å². The first kappa shape index (κ1) is 20.7. The Labute approximate surface area is 178 Å². The first-order chi connectivity index (χ1) is 14.1. The van der Waals surface area contributed by atoms with Gasteiger partial charge in [-0.05, 0) is 64.0 Å². The number of allylic oxidation sites excluding steroid dienone is 1. The Morgan fingerprint density at radius 3 is 2.31 bits per heavy atom. The lowest BCUT2D eigenvalue weighted by molar-refractivity contribution is 0.104. The SMILES string of the molecule is COc1ccc(/C=C/C(=O)c2ccccc2OC)cc1COc1ccccc1Br. The van der Waals surface area contributed by atoms with Crippen molar-refractivity contribution in [2.45, 2.75) is 6.61 Å². The van der Waals surface area contributed by atoms with Crippen molar-refractivity contribution in [2.24, 2.45) is 0 Å². The lowest BCUT2D eigenvalue weighted by atomic mass is 10.1. The Hall–Kier alpha value is -3.05. The summed E-state index contributed by atoms with van der Waals surface area (Å²) in [5, 5.41) is 0. The third-order valence-electron chi connectivity index (χ3n) is 4.32. The van der Waals surface area contributed by atoms with Gasteiger partial charge in [-0.25, -0.2) is 0 Å². The number of methoxy groups -OCH3 is 2. The Morgan fingerprint density at radius 1 is 0.897 bits per heavy atom. The second kappa shape index (κ2) is 9.94. The highest BCUT2D eigenvalue weighted by molar-refractivity contribution is 9.10. The molecule has 0 unspecified atom stereocenters. The predicted molar refractivity (Wildman–Crippen MR) is 118 cm³/mol. The molecular weight excluding hydrogens is 432 g/mol. The minimum Gasteiger partial charge on any atom is -0.496 e. The zero-order valence-corrected chi connectivity index (χ0v) is 17.8. The van der Waals surface area contributed by atoms with E-state index in [9.17, 15) is 4.79 Å². The summed E-state index contributed by atoms with van der Waals surface area (Å²) in [6.07, 6.45) is 3.31. The molecule has 0 atom stereocenters. The van der Waals surface area contributed by atoms with Gasteiger partial charge in [0.25, 0.3) is 0 Å². The molecule has 4 nitrogen and oxygen atoms in total. The van der Waals surface area contributed by atoms with E-state index in [2.05, 4.69) is 15.9 Å². The van der Waals surface area contributed by atoms with Crippen LogP contribution in [0.2, 0.25) is 0 Å². The van der Waals surface area contributed by atoms with Crippen molar-refractivity contribution in [3.63, 3.8) is 0 Å². The highest BCUT2D eigenvalue weighted by atomic mass is 79.9. The maximum absolute atomic E-state index is 12.5. The van der Waals surface area contributed by atoms with E-state index in [4.69, 9.17) is 14.2 Å². The van der Waals surface area contributed by atoms with E-state index in [1.165, 1.54) is 6.08 Å². The molecule has 0 aliphatic rings. The van der Waals surface area contributed by atoms with Gasteiger partial charge in [-0.15, -0.1) is 0 Å². The summed E-state index contributed by atoms with van der Waals surface area (Å²) in [4.78, 5) is 12.5. The Morgan fingerprint density at radius 2 is 1.59 bits per heavy atom. The fourth-order valence-electron chi connectivity index (χ4n) is 2.84. The van der Waals surface area contributed by atoms with Crippen molar-refractivity contribution >= 4 is 27.8 Å².